The summed E-state index contributed by atoms with van der Waals surface area (Å²) in [4.78, 5) is 26.5. The summed E-state index contributed by atoms with van der Waals surface area (Å²) in [5, 5.41) is 11.7. The number of hydrogen-bond donors (Lipinski definition) is 2. The number of hydrogen-bond acceptors (Lipinski definition) is 4. The highest BCUT2D eigenvalue weighted by atomic mass is 35.5. The summed E-state index contributed by atoms with van der Waals surface area (Å²) in [7, 11) is 0. The van der Waals surface area contributed by atoms with Crippen LogP contribution >= 0.6 is 11.6 Å². The van der Waals surface area contributed by atoms with Crippen molar-refractivity contribution in [1.82, 2.24) is 4.98 Å². The summed E-state index contributed by atoms with van der Waals surface area (Å²) < 4.78 is 5.19. The second-order valence-corrected chi connectivity index (χ2v) is 4.50. The number of rotatable bonds is 4. The predicted molar refractivity (Wildman–Crippen MR) is 72.0 cm³/mol. The number of nitrogens with one attached hydrogen (secondary N) is 1. The molecular weight excluding hydrogens is 284 g/mol. The Morgan fingerprint density at radius 2 is 2.00 bits per heavy atom. The normalized spacial score (nSPS) is 10.3. The molecule has 1 aromatic heterocycles. The molecule has 1 aromatic carbocycles. The Morgan fingerprint density at radius 1 is 1.35 bits per heavy atom. The zero-order valence-electron chi connectivity index (χ0n) is 10.5. The first-order chi connectivity index (χ1) is 9.45. The maximum absolute atomic E-state index is 11.9. The van der Waals surface area contributed by atoms with Crippen molar-refractivity contribution in [2.45, 2.75) is 13.3 Å². The van der Waals surface area contributed by atoms with E-state index >= 15 is 0 Å². The van der Waals surface area contributed by atoms with Crippen LogP contribution < -0.4 is 5.32 Å². The van der Waals surface area contributed by atoms with Gasteiger partial charge in [0.2, 0.25) is 0 Å². The fourth-order valence-electron chi connectivity index (χ4n) is 1.55. The van der Waals surface area contributed by atoms with E-state index in [1.807, 2.05) is 0 Å². The Hall–Kier alpha value is -2.34. The predicted octanol–water partition coefficient (Wildman–Crippen LogP) is 2.52. The van der Waals surface area contributed by atoms with Gasteiger partial charge in [0.1, 0.15) is 12.2 Å². The van der Waals surface area contributed by atoms with Gasteiger partial charge in [0.05, 0.1) is 5.69 Å². The summed E-state index contributed by atoms with van der Waals surface area (Å²) in [5.41, 5.74) is 0.823. The number of anilines is 1. The minimum absolute atomic E-state index is 0.0290. The zero-order chi connectivity index (χ0) is 14.7. The van der Waals surface area contributed by atoms with E-state index in [4.69, 9.17) is 21.1 Å². The Bertz CT molecular complexity index is 649. The number of carbonyl (C=O) groups excluding carboxylic acids is 1. The smallest absolute Gasteiger partial charge is 0.311 e. The number of oxazole rings is 1. The molecule has 2 aromatic rings. The van der Waals surface area contributed by atoms with Crippen LogP contribution in [0.25, 0.3) is 0 Å². The van der Waals surface area contributed by atoms with Gasteiger partial charge in [0, 0.05) is 10.6 Å². The van der Waals surface area contributed by atoms with Crippen LogP contribution in [0.2, 0.25) is 5.02 Å². The van der Waals surface area contributed by atoms with E-state index in [2.05, 4.69) is 10.3 Å². The van der Waals surface area contributed by atoms with Crippen molar-refractivity contribution < 1.29 is 19.1 Å². The Labute approximate surface area is 119 Å². The zero-order valence-corrected chi connectivity index (χ0v) is 11.3. The minimum atomic E-state index is -1.03. The molecule has 0 aliphatic rings. The molecule has 0 fully saturated rings. The van der Waals surface area contributed by atoms with Gasteiger partial charge < -0.3 is 9.52 Å². The highest BCUT2D eigenvalue weighted by molar-refractivity contribution is 6.30. The molecule has 104 valence electrons. The number of carbonyl (C=O) groups is 2. The van der Waals surface area contributed by atoms with E-state index in [1.165, 1.54) is 0 Å². The van der Waals surface area contributed by atoms with Crippen molar-refractivity contribution in [2.75, 3.05) is 5.32 Å². The van der Waals surface area contributed by atoms with Gasteiger partial charge in [-0.3, -0.25) is 14.9 Å². The molecule has 7 heteroatoms. The molecule has 0 unspecified atom stereocenters. The second kappa shape index (κ2) is 5.75. The van der Waals surface area contributed by atoms with Crippen molar-refractivity contribution in [3.8, 4) is 0 Å². The average Bonchev–Trinajstić information content (AvgIpc) is 2.69. The van der Waals surface area contributed by atoms with Crippen molar-refractivity contribution in [3.05, 3.63) is 46.3 Å². The lowest BCUT2D eigenvalue weighted by atomic mass is 10.2. The molecule has 0 spiro atoms. The molecule has 0 radical (unpaired) electrons. The van der Waals surface area contributed by atoms with Gasteiger partial charge in [0.25, 0.3) is 5.91 Å². The molecule has 2 rings (SSSR count). The average molecular weight is 295 g/mol. The highest BCUT2D eigenvalue weighted by Gasteiger charge is 2.15. The van der Waals surface area contributed by atoms with Crippen LogP contribution in [0, 0.1) is 6.92 Å². The molecule has 1 amide bonds. The number of aromatic nitrogens is 1. The van der Waals surface area contributed by atoms with Crippen LogP contribution in [0.3, 0.4) is 0 Å². The fraction of sp³-hybridized carbons (Fsp3) is 0.154. The van der Waals surface area contributed by atoms with Gasteiger partial charge in [0.15, 0.2) is 0 Å². The molecule has 0 saturated carbocycles. The van der Waals surface area contributed by atoms with Crippen molar-refractivity contribution in [1.29, 1.82) is 0 Å². The molecule has 0 atom stereocenters. The van der Waals surface area contributed by atoms with E-state index < -0.39 is 11.9 Å². The third kappa shape index (κ3) is 3.36. The third-order valence-corrected chi connectivity index (χ3v) is 2.78. The van der Waals surface area contributed by atoms with Crippen LogP contribution in [0.1, 0.15) is 21.8 Å². The molecule has 6 nitrogen and oxygen atoms in total. The van der Waals surface area contributed by atoms with Crippen molar-refractivity contribution in [3.63, 3.8) is 0 Å². The number of carboxylic acid groups (broad SMARTS) is 1. The molecule has 0 aliphatic heterocycles. The summed E-state index contributed by atoms with van der Waals surface area (Å²) in [6.45, 7) is 1.61. The number of aliphatic carboxylic acids is 1. The Balaban J connectivity index is 2.12. The van der Waals surface area contributed by atoms with Gasteiger partial charge in [-0.05, 0) is 31.2 Å². The van der Waals surface area contributed by atoms with Gasteiger partial charge in [-0.15, -0.1) is 0 Å². The second-order valence-electron chi connectivity index (χ2n) is 4.06. The van der Waals surface area contributed by atoms with Crippen LogP contribution in [0.5, 0.6) is 0 Å². The van der Waals surface area contributed by atoms with Gasteiger partial charge >= 0.3 is 12.0 Å². The largest absolute Gasteiger partial charge is 0.481 e. The van der Waals surface area contributed by atoms with Gasteiger partial charge in [-0.25, -0.2) is 0 Å². The molecule has 0 saturated heterocycles. The summed E-state index contributed by atoms with van der Waals surface area (Å²) >= 11 is 5.73. The fourth-order valence-corrected chi connectivity index (χ4v) is 1.68. The molecule has 2 N–H and O–H groups in total. The number of carboxylic acids is 1. The van der Waals surface area contributed by atoms with Crippen molar-refractivity contribution in [2.24, 2.45) is 0 Å². The lowest BCUT2D eigenvalue weighted by molar-refractivity contribution is -0.136. The van der Waals surface area contributed by atoms with Crippen LogP contribution in [-0.4, -0.2) is 22.0 Å². The number of nitrogens with zero attached hydrogens (tertiary/aromatic N) is 1. The number of benzene rings is 1. The number of amides is 1. The topological polar surface area (TPSA) is 92.4 Å². The van der Waals surface area contributed by atoms with E-state index in [0.717, 1.165) is 0 Å². The van der Waals surface area contributed by atoms with E-state index in [-0.39, 0.29) is 18.2 Å². The molecule has 1 heterocycles. The van der Waals surface area contributed by atoms with E-state index in [9.17, 15) is 9.59 Å². The standard InChI is InChI=1S/C13H11ClN2O4/c1-7-10(6-11(17)18)20-13(15-7)16-12(19)8-2-4-9(14)5-3-8/h2-5H,6H2,1H3,(H,17,18)(H,15,16,19). The molecule has 0 bridgehead atoms. The highest BCUT2D eigenvalue weighted by Crippen LogP contribution is 2.16. The van der Waals surface area contributed by atoms with E-state index in [1.54, 1.807) is 31.2 Å². The summed E-state index contributed by atoms with van der Waals surface area (Å²) in [6.07, 6.45) is -0.282. The Kier molecular flexibility index (Phi) is 4.05. The maximum atomic E-state index is 11.9. The monoisotopic (exact) mass is 294 g/mol. The Morgan fingerprint density at radius 3 is 2.60 bits per heavy atom. The van der Waals surface area contributed by atoms with E-state index in [0.29, 0.717) is 16.3 Å². The molecule has 0 aliphatic carbocycles. The quantitative estimate of drug-likeness (QED) is 0.904. The van der Waals surface area contributed by atoms with Crippen LogP contribution in [-0.2, 0) is 11.2 Å². The van der Waals surface area contributed by atoms with Crippen LogP contribution in [0.15, 0.2) is 28.7 Å². The summed E-state index contributed by atoms with van der Waals surface area (Å²) in [5.74, 6) is -1.23. The molecule has 20 heavy (non-hydrogen) atoms. The van der Waals surface area contributed by atoms with Gasteiger partial charge in [-0.1, -0.05) is 11.6 Å². The first-order valence-corrected chi connectivity index (χ1v) is 6.08. The SMILES string of the molecule is Cc1nc(NC(=O)c2ccc(Cl)cc2)oc1CC(=O)O. The first kappa shape index (κ1) is 14.1. The maximum Gasteiger partial charge on any atom is 0.311 e. The molecular formula is C13H11ClN2O4. The number of aryl methyl sites for hydroxylation is 1. The number of halogens is 1. The lowest BCUT2D eigenvalue weighted by Gasteiger charge is -2.00. The van der Waals surface area contributed by atoms with Crippen LogP contribution in [0.4, 0.5) is 6.01 Å². The lowest BCUT2D eigenvalue weighted by Crippen LogP contribution is -2.11. The first-order valence-electron chi connectivity index (χ1n) is 5.70. The summed E-state index contributed by atoms with van der Waals surface area (Å²) in [6, 6.07) is 6.27. The van der Waals surface area contributed by atoms with Crippen molar-refractivity contribution >= 4 is 29.5 Å². The minimum Gasteiger partial charge on any atom is -0.481 e. The third-order valence-electron chi connectivity index (χ3n) is 2.53. The van der Waals surface area contributed by atoms with Gasteiger partial charge in [-0.2, -0.15) is 4.98 Å².